The maximum atomic E-state index is 3.51. The second-order valence-corrected chi connectivity index (χ2v) is 6.07. The fourth-order valence-corrected chi connectivity index (χ4v) is 2.89. The second kappa shape index (κ2) is 8.49. The molecule has 0 aliphatic heterocycles. The van der Waals surface area contributed by atoms with Gasteiger partial charge in [0.15, 0.2) is 0 Å². The zero-order valence-electron chi connectivity index (χ0n) is 12.9. The number of nitrogens with zero attached hydrogens (tertiary/aromatic N) is 1. The molecule has 1 N–H and O–H groups in total. The zero-order valence-corrected chi connectivity index (χ0v) is 13.8. The fraction of sp³-hybridized carbons (Fsp3) is 0.625. The minimum absolute atomic E-state index is 0.399. The first-order valence-electron chi connectivity index (χ1n) is 7.15. The number of nitrogens with one attached hydrogen (secondary N) is 1. The third-order valence-corrected chi connectivity index (χ3v) is 4.34. The molecule has 3 heteroatoms. The van der Waals surface area contributed by atoms with Crippen LogP contribution in [0, 0.1) is 0 Å². The standard InChI is InChI=1S/C16H28N2S/c1-6-17-14(3)15-9-7-8-10-16(15)18(4)13(2)11-12-19-5/h7-10,13-14,17H,6,11-12H2,1-5H3. The molecule has 2 nitrogen and oxygen atoms in total. The van der Waals surface area contributed by atoms with Gasteiger partial charge in [0.05, 0.1) is 0 Å². The number of thioether (sulfide) groups is 1. The maximum Gasteiger partial charge on any atom is 0.0414 e. The molecule has 0 aromatic heterocycles. The lowest BCUT2D eigenvalue weighted by Crippen LogP contribution is -2.31. The van der Waals surface area contributed by atoms with Crippen molar-refractivity contribution in [1.29, 1.82) is 0 Å². The lowest BCUT2D eigenvalue weighted by Gasteiger charge is -2.30. The van der Waals surface area contributed by atoms with E-state index in [-0.39, 0.29) is 0 Å². The summed E-state index contributed by atoms with van der Waals surface area (Å²) in [5, 5.41) is 3.51. The molecule has 0 saturated heterocycles. The first-order valence-corrected chi connectivity index (χ1v) is 8.55. The van der Waals surface area contributed by atoms with E-state index in [9.17, 15) is 0 Å². The Bertz CT molecular complexity index is 368. The molecule has 0 fully saturated rings. The van der Waals surface area contributed by atoms with Crippen molar-refractivity contribution in [2.24, 2.45) is 0 Å². The zero-order chi connectivity index (χ0) is 14.3. The van der Waals surface area contributed by atoms with Crippen LogP contribution in [0.2, 0.25) is 0 Å². The molecular formula is C16H28N2S. The smallest absolute Gasteiger partial charge is 0.0414 e. The molecule has 0 radical (unpaired) electrons. The summed E-state index contributed by atoms with van der Waals surface area (Å²) in [6, 6.07) is 9.71. The van der Waals surface area contributed by atoms with Crippen LogP contribution >= 0.6 is 11.8 Å². The molecule has 1 aromatic rings. The van der Waals surface area contributed by atoms with Crippen molar-refractivity contribution in [3.8, 4) is 0 Å². The van der Waals surface area contributed by atoms with Crippen LogP contribution in [0.5, 0.6) is 0 Å². The molecule has 0 aliphatic carbocycles. The molecule has 0 amide bonds. The van der Waals surface area contributed by atoms with E-state index >= 15 is 0 Å². The molecule has 2 unspecified atom stereocenters. The van der Waals surface area contributed by atoms with E-state index in [2.05, 4.69) is 68.6 Å². The molecule has 19 heavy (non-hydrogen) atoms. The van der Waals surface area contributed by atoms with Gasteiger partial charge in [0.25, 0.3) is 0 Å². The Labute approximate surface area is 123 Å². The number of hydrogen-bond acceptors (Lipinski definition) is 3. The van der Waals surface area contributed by atoms with E-state index in [0.717, 1.165) is 6.54 Å². The third kappa shape index (κ3) is 4.73. The first kappa shape index (κ1) is 16.4. The Morgan fingerprint density at radius 2 is 1.95 bits per heavy atom. The highest BCUT2D eigenvalue weighted by atomic mass is 32.2. The van der Waals surface area contributed by atoms with Crippen molar-refractivity contribution in [2.45, 2.75) is 39.3 Å². The van der Waals surface area contributed by atoms with Crippen molar-refractivity contribution in [3.05, 3.63) is 29.8 Å². The van der Waals surface area contributed by atoms with Crippen LogP contribution in [0.3, 0.4) is 0 Å². The van der Waals surface area contributed by atoms with Crippen molar-refractivity contribution >= 4 is 17.4 Å². The number of hydrogen-bond donors (Lipinski definition) is 1. The number of anilines is 1. The van der Waals surface area contributed by atoms with Gasteiger partial charge in [-0.15, -0.1) is 0 Å². The first-order chi connectivity index (χ1) is 9.11. The highest BCUT2D eigenvalue weighted by molar-refractivity contribution is 7.98. The largest absolute Gasteiger partial charge is 0.372 e. The van der Waals surface area contributed by atoms with Gasteiger partial charge < -0.3 is 10.2 Å². The van der Waals surface area contributed by atoms with Gasteiger partial charge in [-0.2, -0.15) is 11.8 Å². The summed E-state index contributed by atoms with van der Waals surface area (Å²) in [6.07, 6.45) is 3.40. The third-order valence-electron chi connectivity index (χ3n) is 3.69. The van der Waals surface area contributed by atoms with Crippen molar-refractivity contribution in [3.63, 3.8) is 0 Å². The van der Waals surface area contributed by atoms with Crippen LogP contribution in [-0.2, 0) is 0 Å². The average Bonchev–Trinajstić information content (AvgIpc) is 2.44. The van der Waals surface area contributed by atoms with Crippen LogP contribution in [0.15, 0.2) is 24.3 Å². The lowest BCUT2D eigenvalue weighted by molar-refractivity contribution is 0.591. The van der Waals surface area contributed by atoms with Gasteiger partial charge in [-0.3, -0.25) is 0 Å². The van der Waals surface area contributed by atoms with Crippen LogP contribution in [-0.4, -0.2) is 31.6 Å². The van der Waals surface area contributed by atoms with Gasteiger partial charge in [-0.05, 0) is 50.5 Å². The van der Waals surface area contributed by atoms with Gasteiger partial charge in [0.2, 0.25) is 0 Å². The molecule has 0 aliphatic rings. The molecule has 0 bridgehead atoms. The van der Waals surface area contributed by atoms with Gasteiger partial charge in [0, 0.05) is 24.8 Å². The monoisotopic (exact) mass is 280 g/mol. The van der Waals surface area contributed by atoms with E-state index < -0.39 is 0 Å². The van der Waals surface area contributed by atoms with Crippen LogP contribution in [0.4, 0.5) is 5.69 Å². The highest BCUT2D eigenvalue weighted by Gasteiger charge is 2.15. The second-order valence-electron chi connectivity index (χ2n) is 5.08. The van der Waals surface area contributed by atoms with E-state index in [4.69, 9.17) is 0 Å². The molecule has 0 heterocycles. The Morgan fingerprint density at radius 3 is 2.58 bits per heavy atom. The summed E-state index contributed by atoms with van der Waals surface area (Å²) in [5.41, 5.74) is 2.74. The van der Waals surface area contributed by atoms with Crippen molar-refractivity contribution in [2.75, 3.05) is 30.5 Å². The van der Waals surface area contributed by atoms with Crippen molar-refractivity contribution < 1.29 is 0 Å². The SMILES string of the molecule is CCNC(C)c1ccccc1N(C)C(C)CCSC. The molecule has 1 rings (SSSR count). The summed E-state index contributed by atoms with van der Waals surface area (Å²) >= 11 is 1.92. The summed E-state index contributed by atoms with van der Waals surface area (Å²) in [4.78, 5) is 2.42. The Hall–Kier alpha value is -0.670. The predicted molar refractivity (Wildman–Crippen MR) is 89.4 cm³/mol. The Balaban J connectivity index is 2.86. The average molecular weight is 280 g/mol. The summed E-state index contributed by atoms with van der Waals surface area (Å²) in [6.45, 7) is 7.71. The summed E-state index contributed by atoms with van der Waals surface area (Å²) in [5.74, 6) is 1.22. The number of para-hydroxylation sites is 1. The van der Waals surface area contributed by atoms with Crippen LogP contribution in [0.1, 0.15) is 38.8 Å². The quantitative estimate of drug-likeness (QED) is 0.776. The molecule has 2 atom stereocenters. The van der Waals surface area contributed by atoms with E-state index in [0.29, 0.717) is 12.1 Å². The number of rotatable bonds is 8. The van der Waals surface area contributed by atoms with Crippen LogP contribution in [0.25, 0.3) is 0 Å². The van der Waals surface area contributed by atoms with Gasteiger partial charge in [-0.1, -0.05) is 25.1 Å². The minimum Gasteiger partial charge on any atom is -0.372 e. The molecule has 108 valence electrons. The summed E-state index contributed by atoms with van der Waals surface area (Å²) in [7, 11) is 2.21. The molecule has 1 aromatic carbocycles. The molecule has 0 saturated carbocycles. The van der Waals surface area contributed by atoms with E-state index in [1.165, 1.54) is 23.4 Å². The topological polar surface area (TPSA) is 15.3 Å². The van der Waals surface area contributed by atoms with E-state index in [1.54, 1.807) is 0 Å². The Kier molecular flexibility index (Phi) is 7.32. The minimum atomic E-state index is 0.399. The Morgan fingerprint density at radius 1 is 1.26 bits per heavy atom. The lowest BCUT2D eigenvalue weighted by atomic mass is 10.0. The normalized spacial score (nSPS) is 14.2. The maximum absolute atomic E-state index is 3.51. The van der Waals surface area contributed by atoms with Gasteiger partial charge in [-0.25, -0.2) is 0 Å². The molecule has 0 spiro atoms. The highest BCUT2D eigenvalue weighted by Crippen LogP contribution is 2.27. The van der Waals surface area contributed by atoms with Gasteiger partial charge >= 0.3 is 0 Å². The van der Waals surface area contributed by atoms with Crippen LogP contribution < -0.4 is 10.2 Å². The summed E-state index contributed by atoms with van der Waals surface area (Å²) < 4.78 is 0. The number of benzene rings is 1. The van der Waals surface area contributed by atoms with Crippen molar-refractivity contribution in [1.82, 2.24) is 5.32 Å². The predicted octanol–water partition coefficient (Wildman–Crippen LogP) is 3.93. The fourth-order valence-electron chi connectivity index (χ4n) is 2.31. The van der Waals surface area contributed by atoms with E-state index in [1.807, 2.05) is 11.8 Å². The van der Waals surface area contributed by atoms with Gasteiger partial charge in [0.1, 0.15) is 0 Å². The molecular weight excluding hydrogens is 252 g/mol.